The molecule has 0 bridgehead atoms. The highest BCUT2D eigenvalue weighted by atomic mass is 127. The minimum Gasteiger partial charge on any atom is -0.496 e. The quantitative estimate of drug-likeness (QED) is 0.477. The third-order valence-corrected chi connectivity index (χ3v) is 3.99. The Morgan fingerprint density at radius 2 is 2.05 bits per heavy atom. The van der Waals surface area contributed by atoms with E-state index in [0.29, 0.717) is 11.5 Å². The first-order valence-electron chi connectivity index (χ1n) is 7.04. The van der Waals surface area contributed by atoms with Gasteiger partial charge in [0.2, 0.25) is 0 Å². The van der Waals surface area contributed by atoms with Gasteiger partial charge in [0.25, 0.3) is 0 Å². The lowest BCUT2D eigenvalue weighted by atomic mass is 10.2. The number of benzene rings is 1. The highest BCUT2D eigenvalue weighted by Gasteiger charge is 2.46. The number of nitrogens with one attached hydrogen (secondary N) is 1. The van der Waals surface area contributed by atoms with E-state index in [1.165, 1.54) is 6.42 Å². The Hall–Kier alpha value is -0.980. The molecule has 0 aliphatic heterocycles. The van der Waals surface area contributed by atoms with Gasteiger partial charge in [0.05, 0.1) is 7.11 Å². The highest BCUT2D eigenvalue weighted by Crippen LogP contribution is 2.44. The van der Waals surface area contributed by atoms with Crippen molar-refractivity contribution in [3.63, 3.8) is 0 Å². The second-order valence-corrected chi connectivity index (χ2v) is 6.10. The van der Waals surface area contributed by atoms with Gasteiger partial charge in [-0.3, -0.25) is 4.99 Å². The molecule has 0 spiro atoms. The van der Waals surface area contributed by atoms with E-state index in [1.807, 2.05) is 25.2 Å². The Morgan fingerprint density at radius 1 is 1.43 bits per heavy atom. The Kier molecular flexibility index (Phi) is 6.31. The summed E-state index contributed by atoms with van der Waals surface area (Å²) < 4.78 is 5.40. The minimum absolute atomic E-state index is 0. The van der Waals surface area contributed by atoms with E-state index in [9.17, 15) is 0 Å². The second kappa shape index (κ2) is 7.33. The number of para-hydroxylation sites is 1. The molecule has 0 saturated heterocycles. The molecular formula is C16H26IN3O. The molecule has 1 aromatic carbocycles. The average Bonchev–Trinajstić information content (AvgIpc) is 3.03. The predicted molar refractivity (Wildman–Crippen MR) is 98.6 cm³/mol. The fraction of sp³-hybridized carbons (Fsp3) is 0.562. The Bertz CT molecular complexity index is 502. The summed E-state index contributed by atoms with van der Waals surface area (Å²) >= 11 is 0. The van der Waals surface area contributed by atoms with Crippen molar-refractivity contribution in [3.05, 3.63) is 29.8 Å². The van der Waals surface area contributed by atoms with Crippen molar-refractivity contribution in [2.75, 3.05) is 21.2 Å². The second-order valence-electron chi connectivity index (χ2n) is 6.10. The average molecular weight is 403 g/mol. The Labute approximate surface area is 145 Å². The van der Waals surface area contributed by atoms with Gasteiger partial charge in [-0.1, -0.05) is 32.0 Å². The van der Waals surface area contributed by atoms with Crippen LogP contribution in [0.3, 0.4) is 0 Å². The van der Waals surface area contributed by atoms with E-state index in [1.54, 1.807) is 7.11 Å². The molecule has 1 atom stereocenters. The molecule has 1 aliphatic rings. The molecule has 5 heteroatoms. The molecule has 1 N–H and O–H groups in total. The van der Waals surface area contributed by atoms with Crippen LogP contribution in [0.1, 0.15) is 25.8 Å². The topological polar surface area (TPSA) is 36.9 Å². The number of aliphatic imine (C=N–C) groups is 1. The summed E-state index contributed by atoms with van der Waals surface area (Å²) in [6, 6.07) is 8.63. The predicted octanol–water partition coefficient (Wildman–Crippen LogP) is 3.12. The molecule has 1 fully saturated rings. The van der Waals surface area contributed by atoms with Gasteiger partial charge in [0, 0.05) is 32.2 Å². The highest BCUT2D eigenvalue weighted by molar-refractivity contribution is 14.0. The summed E-state index contributed by atoms with van der Waals surface area (Å²) in [6.07, 6.45) is 1.20. The monoisotopic (exact) mass is 403 g/mol. The first-order valence-corrected chi connectivity index (χ1v) is 7.04. The molecule has 0 radical (unpaired) electrons. The van der Waals surface area contributed by atoms with Gasteiger partial charge >= 0.3 is 0 Å². The fourth-order valence-corrected chi connectivity index (χ4v) is 2.38. The third kappa shape index (κ3) is 4.49. The zero-order chi connectivity index (χ0) is 14.8. The van der Waals surface area contributed by atoms with Crippen LogP contribution in [-0.2, 0) is 6.54 Å². The van der Waals surface area contributed by atoms with Crippen LogP contribution in [-0.4, -0.2) is 38.1 Å². The molecule has 4 nitrogen and oxygen atoms in total. The number of rotatable bonds is 4. The zero-order valence-corrected chi connectivity index (χ0v) is 15.8. The lowest BCUT2D eigenvalue weighted by Crippen LogP contribution is -2.40. The van der Waals surface area contributed by atoms with E-state index < -0.39 is 0 Å². The summed E-state index contributed by atoms with van der Waals surface area (Å²) in [7, 11) is 5.59. The van der Waals surface area contributed by atoms with E-state index in [2.05, 4.69) is 42.2 Å². The van der Waals surface area contributed by atoms with E-state index in [4.69, 9.17) is 4.74 Å². The smallest absolute Gasteiger partial charge is 0.193 e. The molecule has 0 heterocycles. The molecule has 21 heavy (non-hydrogen) atoms. The molecule has 1 aliphatic carbocycles. The SMILES string of the molecule is CN=C(NC1CC1(C)C)N(C)Cc1ccccc1OC.I. The van der Waals surface area contributed by atoms with E-state index in [0.717, 1.165) is 23.8 Å². The van der Waals surface area contributed by atoms with E-state index >= 15 is 0 Å². The van der Waals surface area contributed by atoms with Crippen molar-refractivity contribution in [3.8, 4) is 5.75 Å². The Balaban J connectivity index is 0.00000220. The molecule has 0 amide bonds. The van der Waals surface area contributed by atoms with Crippen molar-refractivity contribution in [2.45, 2.75) is 32.9 Å². The number of ether oxygens (including phenoxy) is 1. The van der Waals surface area contributed by atoms with Crippen LogP contribution in [0.5, 0.6) is 5.75 Å². The van der Waals surface area contributed by atoms with Crippen LogP contribution in [0.2, 0.25) is 0 Å². The van der Waals surface area contributed by atoms with Gasteiger partial charge in [-0.2, -0.15) is 0 Å². The third-order valence-electron chi connectivity index (χ3n) is 3.99. The number of halogens is 1. The fourth-order valence-electron chi connectivity index (χ4n) is 2.38. The van der Waals surface area contributed by atoms with Gasteiger partial charge in [-0.25, -0.2) is 0 Å². The number of guanidine groups is 1. The summed E-state index contributed by atoms with van der Waals surface area (Å²) in [4.78, 5) is 6.51. The first-order chi connectivity index (χ1) is 9.47. The van der Waals surface area contributed by atoms with Crippen LogP contribution in [0.4, 0.5) is 0 Å². The number of methoxy groups -OCH3 is 1. The molecule has 2 rings (SSSR count). The standard InChI is InChI=1S/C16H25N3O.HI/c1-16(2)10-14(16)18-15(17-3)19(4)11-12-8-6-7-9-13(12)20-5;/h6-9,14H,10-11H2,1-5H3,(H,17,18);1H. The van der Waals surface area contributed by atoms with Crippen molar-refractivity contribution >= 4 is 29.9 Å². The maximum absolute atomic E-state index is 5.40. The summed E-state index contributed by atoms with van der Waals surface area (Å²) in [6.45, 7) is 5.33. The summed E-state index contributed by atoms with van der Waals surface area (Å²) in [5.74, 6) is 1.85. The number of nitrogens with zero attached hydrogens (tertiary/aromatic N) is 2. The van der Waals surface area contributed by atoms with Crippen molar-refractivity contribution in [1.82, 2.24) is 10.2 Å². The lowest BCUT2D eigenvalue weighted by Gasteiger charge is -2.23. The summed E-state index contributed by atoms with van der Waals surface area (Å²) in [5.41, 5.74) is 1.55. The van der Waals surface area contributed by atoms with Crippen LogP contribution in [0.15, 0.2) is 29.3 Å². The molecule has 0 aromatic heterocycles. The minimum atomic E-state index is 0. The van der Waals surface area contributed by atoms with Crippen LogP contribution < -0.4 is 10.1 Å². The zero-order valence-electron chi connectivity index (χ0n) is 13.5. The number of hydrogen-bond acceptors (Lipinski definition) is 2. The Morgan fingerprint density at radius 3 is 2.57 bits per heavy atom. The van der Waals surface area contributed by atoms with Crippen LogP contribution >= 0.6 is 24.0 Å². The van der Waals surface area contributed by atoms with Crippen molar-refractivity contribution in [2.24, 2.45) is 10.4 Å². The number of hydrogen-bond donors (Lipinski definition) is 1. The van der Waals surface area contributed by atoms with Gasteiger partial charge in [-0.15, -0.1) is 24.0 Å². The first kappa shape index (κ1) is 18.1. The maximum atomic E-state index is 5.40. The van der Waals surface area contributed by atoms with Gasteiger partial charge in [0.15, 0.2) is 5.96 Å². The molecule has 1 aromatic rings. The van der Waals surface area contributed by atoms with E-state index in [-0.39, 0.29) is 24.0 Å². The lowest BCUT2D eigenvalue weighted by molar-refractivity contribution is 0.395. The van der Waals surface area contributed by atoms with Gasteiger partial charge in [0.1, 0.15) is 5.75 Å². The maximum Gasteiger partial charge on any atom is 0.193 e. The molecule has 118 valence electrons. The summed E-state index contributed by atoms with van der Waals surface area (Å²) in [5, 5.41) is 3.52. The molecule has 1 unspecified atom stereocenters. The van der Waals surface area contributed by atoms with Crippen molar-refractivity contribution in [1.29, 1.82) is 0 Å². The van der Waals surface area contributed by atoms with Gasteiger partial charge < -0.3 is 15.0 Å². The normalized spacial score (nSPS) is 19.5. The van der Waals surface area contributed by atoms with Crippen LogP contribution in [0, 0.1) is 5.41 Å². The van der Waals surface area contributed by atoms with Crippen LogP contribution in [0.25, 0.3) is 0 Å². The van der Waals surface area contributed by atoms with Gasteiger partial charge in [-0.05, 0) is 17.9 Å². The largest absolute Gasteiger partial charge is 0.496 e. The molecular weight excluding hydrogens is 377 g/mol. The van der Waals surface area contributed by atoms with Crippen molar-refractivity contribution < 1.29 is 4.74 Å². The molecule has 1 saturated carbocycles.